The lowest BCUT2D eigenvalue weighted by atomic mass is 10.1. The van der Waals surface area contributed by atoms with Gasteiger partial charge in [0.2, 0.25) is 0 Å². The van der Waals surface area contributed by atoms with Crippen LogP contribution in [0, 0.1) is 0 Å². The van der Waals surface area contributed by atoms with Gasteiger partial charge in [0.25, 0.3) is 0 Å². The molecule has 0 bridgehead atoms. The van der Waals surface area contributed by atoms with E-state index in [0.717, 1.165) is 10.0 Å². The largest absolute Gasteiger partial charge is 0.289 e. The minimum absolute atomic E-state index is 0.0463. The van der Waals surface area contributed by atoms with Crippen molar-refractivity contribution in [2.24, 2.45) is 0 Å². The number of halogens is 1. The van der Waals surface area contributed by atoms with Crippen LogP contribution in [0.1, 0.15) is 17.3 Å². The van der Waals surface area contributed by atoms with Gasteiger partial charge in [0.05, 0.1) is 0 Å². The van der Waals surface area contributed by atoms with E-state index in [9.17, 15) is 4.79 Å². The zero-order valence-electron chi connectivity index (χ0n) is 6.75. The van der Waals surface area contributed by atoms with Crippen LogP contribution >= 0.6 is 15.9 Å². The lowest BCUT2D eigenvalue weighted by Gasteiger charge is -1.94. The highest BCUT2D eigenvalue weighted by Gasteiger charge is 1.98. The van der Waals surface area contributed by atoms with E-state index < -0.39 is 0 Å². The smallest absolute Gasteiger partial charge is 0.185 e. The first-order chi connectivity index (χ1) is 5.74. The van der Waals surface area contributed by atoms with Crippen molar-refractivity contribution in [2.75, 3.05) is 0 Å². The summed E-state index contributed by atoms with van der Waals surface area (Å²) in [6.45, 7) is 1.83. The molecule has 0 aliphatic heterocycles. The molecule has 1 aromatic carbocycles. The molecule has 0 spiro atoms. The molecule has 0 atom stereocenters. The Morgan fingerprint density at radius 3 is 2.42 bits per heavy atom. The van der Waals surface area contributed by atoms with Crippen LogP contribution < -0.4 is 0 Å². The van der Waals surface area contributed by atoms with Crippen LogP contribution in [-0.2, 0) is 0 Å². The maximum atomic E-state index is 11.3. The summed E-state index contributed by atoms with van der Waals surface area (Å²) in [5.41, 5.74) is 0.719. The molecule has 0 unspecified atom stereocenters. The number of benzene rings is 1. The summed E-state index contributed by atoms with van der Waals surface area (Å²) in [4.78, 5) is 11.3. The molecule has 12 heavy (non-hydrogen) atoms. The summed E-state index contributed by atoms with van der Waals surface area (Å²) in [5, 5.41) is 0. The molecule has 0 aromatic heterocycles. The maximum Gasteiger partial charge on any atom is 0.185 e. The molecule has 1 aromatic rings. The Bertz CT molecular complexity index is 298. The molecule has 0 saturated heterocycles. The Balaban J connectivity index is 2.90. The van der Waals surface area contributed by atoms with Gasteiger partial charge < -0.3 is 0 Å². The summed E-state index contributed by atoms with van der Waals surface area (Å²) >= 11 is 3.30. The minimum Gasteiger partial charge on any atom is -0.289 e. The van der Waals surface area contributed by atoms with Crippen molar-refractivity contribution in [1.82, 2.24) is 0 Å². The van der Waals surface area contributed by atoms with Gasteiger partial charge in [-0.2, -0.15) is 0 Å². The second kappa shape index (κ2) is 4.21. The standard InChI is InChI=1S/C10H9BrO/c1-2-3-10(12)8-4-6-9(11)7-5-8/h2-7H,1H3/b3-2+. The average Bonchev–Trinajstić information content (AvgIpc) is 2.06. The number of carbonyl (C=O) groups excluding carboxylic acids is 1. The van der Waals surface area contributed by atoms with E-state index >= 15 is 0 Å². The normalized spacial score (nSPS) is 10.5. The third kappa shape index (κ3) is 2.31. The number of hydrogen-bond donors (Lipinski definition) is 0. The molecule has 0 radical (unpaired) electrons. The summed E-state index contributed by atoms with van der Waals surface area (Å²) in [7, 11) is 0. The van der Waals surface area contributed by atoms with E-state index in [1.165, 1.54) is 0 Å². The van der Waals surface area contributed by atoms with Crippen LogP contribution in [-0.4, -0.2) is 5.78 Å². The molecule has 0 aliphatic rings. The number of rotatable bonds is 2. The lowest BCUT2D eigenvalue weighted by molar-refractivity contribution is 0.104. The Kier molecular flexibility index (Phi) is 3.23. The molecule has 0 fully saturated rings. The highest BCUT2D eigenvalue weighted by Crippen LogP contribution is 2.11. The predicted octanol–water partition coefficient (Wildman–Crippen LogP) is 3.21. The number of carbonyl (C=O) groups is 1. The van der Waals surface area contributed by atoms with Crippen LogP contribution in [0.3, 0.4) is 0 Å². The molecule has 1 nitrogen and oxygen atoms in total. The van der Waals surface area contributed by atoms with Gasteiger partial charge >= 0.3 is 0 Å². The topological polar surface area (TPSA) is 17.1 Å². The molecule has 0 N–H and O–H groups in total. The highest BCUT2D eigenvalue weighted by atomic mass is 79.9. The molecule has 0 aliphatic carbocycles. The molecule has 0 heterocycles. The molecule has 0 amide bonds. The van der Waals surface area contributed by atoms with Gasteiger partial charge in [-0.1, -0.05) is 22.0 Å². The van der Waals surface area contributed by atoms with Gasteiger partial charge in [-0.15, -0.1) is 0 Å². The molecule has 2 heteroatoms. The van der Waals surface area contributed by atoms with Crippen LogP contribution in [0.25, 0.3) is 0 Å². The van der Waals surface area contributed by atoms with Crippen molar-refractivity contribution in [3.8, 4) is 0 Å². The first kappa shape index (κ1) is 9.20. The highest BCUT2D eigenvalue weighted by molar-refractivity contribution is 9.10. The van der Waals surface area contributed by atoms with Gasteiger partial charge in [0, 0.05) is 10.0 Å². The van der Waals surface area contributed by atoms with Gasteiger partial charge in [0.15, 0.2) is 5.78 Å². The van der Waals surface area contributed by atoms with Gasteiger partial charge in [0.1, 0.15) is 0 Å². The Hall–Kier alpha value is -0.890. The minimum atomic E-state index is 0.0463. The first-order valence-electron chi connectivity index (χ1n) is 3.66. The van der Waals surface area contributed by atoms with E-state index in [-0.39, 0.29) is 5.78 Å². The Morgan fingerprint density at radius 2 is 1.92 bits per heavy atom. The third-order valence-corrected chi connectivity index (χ3v) is 1.98. The van der Waals surface area contributed by atoms with Crippen molar-refractivity contribution in [3.63, 3.8) is 0 Å². The van der Waals surface area contributed by atoms with E-state index in [2.05, 4.69) is 15.9 Å². The average molecular weight is 225 g/mol. The fourth-order valence-corrected chi connectivity index (χ4v) is 1.13. The van der Waals surface area contributed by atoms with E-state index in [0.29, 0.717) is 0 Å². The second-order valence-corrected chi connectivity index (χ2v) is 3.29. The Labute approximate surface area is 80.2 Å². The summed E-state index contributed by atoms with van der Waals surface area (Å²) in [6, 6.07) is 7.31. The molecular formula is C10H9BrO. The van der Waals surface area contributed by atoms with E-state index in [4.69, 9.17) is 0 Å². The SMILES string of the molecule is C/C=C/C(=O)c1ccc(Br)cc1. The van der Waals surface area contributed by atoms with E-state index in [1.807, 2.05) is 19.1 Å². The number of allylic oxidation sites excluding steroid dienone is 2. The van der Waals surface area contributed by atoms with Crippen LogP contribution in [0.5, 0.6) is 0 Å². The van der Waals surface area contributed by atoms with Gasteiger partial charge in [-0.05, 0) is 37.3 Å². The Morgan fingerprint density at radius 1 is 1.33 bits per heavy atom. The van der Waals surface area contributed by atoms with Gasteiger partial charge in [-0.3, -0.25) is 4.79 Å². The van der Waals surface area contributed by atoms with Crippen molar-refractivity contribution in [1.29, 1.82) is 0 Å². The van der Waals surface area contributed by atoms with Crippen LogP contribution in [0.2, 0.25) is 0 Å². The third-order valence-electron chi connectivity index (χ3n) is 1.45. The van der Waals surface area contributed by atoms with Crippen LogP contribution in [0.4, 0.5) is 0 Å². The lowest BCUT2D eigenvalue weighted by Crippen LogP contribution is -1.92. The molecule has 62 valence electrons. The number of hydrogen-bond acceptors (Lipinski definition) is 1. The summed E-state index contributed by atoms with van der Waals surface area (Å²) < 4.78 is 0.986. The van der Waals surface area contributed by atoms with Crippen LogP contribution in [0.15, 0.2) is 40.9 Å². The van der Waals surface area contributed by atoms with Crippen molar-refractivity contribution < 1.29 is 4.79 Å². The quantitative estimate of drug-likeness (QED) is 0.557. The maximum absolute atomic E-state index is 11.3. The monoisotopic (exact) mass is 224 g/mol. The summed E-state index contributed by atoms with van der Waals surface area (Å²) in [6.07, 6.45) is 3.30. The van der Waals surface area contributed by atoms with E-state index in [1.54, 1.807) is 24.3 Å². The fourth-order valence-electron chi connectivity index (χ4n) is 0.862. The van der Waals surface area contributed by atoms with Crippen molar-refractivity contribution >= 4 is 21.7 Å². The molecule has 1 rings (SSSR count). The fraction of sp³-hybridized carbons (Fsp3) is 0.100. The van der Waals surface area contributed by atoms with Gasteiger partial charge in [-0.25, -0.2) is 0 Å². The van der Waals surface area contributed by atoms with Crippen molar-refractivity contribution in [3.05, 3.63) is 46.5 Å². The zero-order chi connectivity index (χ0) is 8.97. The van der Waals surface area contributed by atoms with Crippen molar-refractivity contribution in [2.45, 2.75) is 6.92 Å². The first-order valence-corrected chi connectivity index (χ1v) is 4.46. The molecular weight excluding hydrogens is 216 g/mol. The molecule has 0 saturated carbocycles. The summed E-state index contributed by atoms with van der Waals surface area (Å²) in [5.74, 6) is 0.0463. The predicted molar refractivity (Wildman–Crippen MR) is 53.3 cm³/mol. The zero-order valence-corrected chi connectivity index (χ0v) is 8.34. The number of ketones is 1. The second-order valence-electron chi connectivity index (χ2n) is 2.37.